The van der Waals surface area contributed by atoms with Crippen LogP contribution in [0.15, 0.2) is 29.6 Å². The van der Waals surface area contributed by atoms with Crippen LogP contribution in [0.4, 0.5) is 0 Å². The van der Waals surface area contributed by atoms with Gasteiger partial charge in [-0.25, -0.2) is 4.98 Å². The predicted molar refractivity (Wildman–Crippen MR) is 170 cm³/mol. The number of amides is 4. The lowest BCUT2D eigenvalue weighted by Gasteiger charge is -2.29. The molecular weight excluding hydrogens is 566 g/mol. The van der Waals surface area contributed by atoms with Crippen molar-refractivity contribution in [1.82, 2.24) is 26.3 Å². The molecule has 10 nitrogen and oxygen atoms in total. The highest BCUT2D eigenvalue weighted by molar-refractivity contribution is 7.09. The van der Waals surface area contributed by atoms with E-state index in [1.54, 1.807) is 25.1 Å². The molecule has 4 atom stereocenters. The molecule has 0 aliphatic rings. The van der Waals surface area contributed by atoms with Gasteiger partial charge < -0.3 is 26.4 Å². The molecule has 0 aliphatic heterocycles. The highest BCUT2D eigenvalue weighted by Gasteiger charge is 2.30. The largest absolute Gasteiger partial charge is 0.391 e. The Kier molecular flexibility index (Phi) is 14.3. The molecule has 1 aromatic carbocycles. The molecule has 2 aromatic rings. The molecule has 0 radical (unpaired) electrons. The molecule has 0 spiro atoms. The van der Waals surface area contributed by atoms with Crippen molar-refractivity contribution in [3.05, 3.63) is 51.5 Å². The van der Waals surface area contributed by atoms with Gasteiger partial charge in [0.05, 0.1) is 18.7 Å². The van der Waals surface area contributed by atoms with Crippen LogP contribution in [0.1, 0.15) is 92.7 Å². The molecule has 43 heavy (non-hydrogen) atoms. The number of aromatic nitrogens is 1. The Hall–Kier alpha value is -3.31. The second-order valence-corrected chi connectivity index (χ2v) is 13.4. The van der Waals surface area contributed by atoms with Crippen molar-refractivity contribution in [2.75, 3.05) is 6.54 Å². The topological polar surface area (TPSA) is 150 Å². The van der Waals surface area contributed by atoms with Gasteiger partial charge in [-0.2, -0.15) is 0 Å². The predicted octanol–water partition coefficient (Wildman–Crippen LogP) is 3.83. The van der Waals surface area contributed by atoms with Crippen LogP contribution in [-0.2, 0) is 16.1 Å². The normalized spacial score (nSPS) is 14.2. The Balaban J connectivity index is 2.04. The van der Waals surface area contributed by atoms with E-state index in [2.05, 4.69) is 26.3 Å². The van der Waals surface area contributed by atoms with Gasteiger partial charge in [-0.3, -0.25) is 19.2 Å². The van der Waals surface area contributed by atoms with E-state index in [0.29, 0.717) is 25.1 Å². The summed E-state index contributed by atoms with van der Waals surface area (Å²) in [5.41, 5.74) is 1.52. The van der Waals surface area contributed by atoms with E-state index in [9.17, 15) is 24.3 Å². The number of rotatable bonds is 16. The van der Waals surface area contributed by atoms with E-state index in [-0.39, 0.29) is 47.5 Å². The van der Waals surface area contributed by atoms with Gasteiger partial charge >= 0.3 is 0 Å². The standard InChI is InChI=1S/C32H49N5O5S/c1-18(2)12-25(26(38)13-21(7)29(39)37-28(20(5)6)32(42)33-15-19(3)4)36-31(41)24-11-9-10-23(14-24)30(40)34-16-27-35-22(8)17-43-27/h9-11,14,17-21,25-26,28,38H,12-13,15-16H2,1-8H3,(H,33,42)(H,34,40)(H,36,41)(H,37,39). The van der Waals surface area contributed by atoms with Crippen LogP contribution in [0.25, 0.3) is 0 Å². The maximum atomic E-state index is 13.2. The third-order valence-electron chi connectivity index (χ3n) is 6.93. The number of aliphatic hydroxyl groups is 1. The minimum Gasteiger partial charge on any atom is -0.391 e. The van der Waals surface area contributed by atoms with Crippen LogP contribution in [0, 0.1) is 30.6 Å². The fourth-order valence-corrected chi connectivity index (χ4v) is 5.21. The van der Waals surface area contributed by atoms with Crippen molar-refractivity contribution in [3.63, 3.8) is 0 Å². The molecule has 5 N–H and O–H groups in total. The van der Waals surface area contributed by atoms with Crippen molar-refractivity contribution < 1.29 is 24.3 Å². The Morgan fingerprint density at radius 3 is 2.07 bits per heavy atom. The third kappa shape index (κ3) is 12.1. The van der Waals surface area contributed by atoms with Gasteiger partial charge in [-0.05, 0) is 55.7 Å². The molecule has 0 fully saturated rings. The molecule has 4 unspecified atom stereocenters. The highest BCUT2D eigenvalue weighted by atomic mass is 32.1. The maximum Gasteiger partial charge on any atom is 0.251 e. The monoisotopic (exact) mass is 615 g/mol. The Labute approximate surface area is 259 Å². The summed E-state index contributed by atoms with van der Waals surface area (Å²) in [6.07, 6.45) is -0.422. The minimum absolute atomic E-state index is 0.0978. The van der Waals surface area contributed by atoms with Crippen molar-refractivity contribution in [1.29, 1.82) is 0 Å². The summed E-state index contributed by atoms with van der Waals surface area (Å²) in [7, 11) is 0. The van der Waals surface area contributed by atoms with Crippen LogP contribution in [0.2, 0.25) is 0 Å². The number of carbonyl (C=O) groups excluding carboxylic acids is 4. The second-order valence-electron chi connectivity index (χ2n) is 12.4. The average molecular weight is 616 g/mol. The zero-order valence-electron chi connectivity index (χ0n) is 26.7. The number of nitrogens with zero attached hydrogens (tertiary/aromatic N) is 1. The first-order valence-corrected chi connectivity index (χ1v) is 15.9. The number of carbonyl (C=O) groups is 4. The van der Waals surface area contributed by atoms with Crippen LogP contribution < -0.4 is 21.3 Å². The number of thiazole rings is 1. The van der Waals surface area contributed by atoms with Gasteiger partial charge in [0, 0.05) is 34.7 Å². The number of aryl methyl sites for hydroxylation is 1. The lowest BCUT2D eigenvalue weighted by Crippen LogP contribution is -2.52. The molecule has 0 bridgehead atoms. The van der Waals surface area contributed by atoms with Crippen LogP contribution in [-0.4, -0.2) is 58.5 Å². The molecule has 0 aliphatic carbocycles. The minimum atomic E-state index is -1.01. The summed E-state index contributed by atoms with van der Waals surface area (Å²) < 4.78 is 0. The fourth-order valence-electron chi connectivity index (χ4n) is 4.49. The van der Waals surface area contributed by atoms with Crippen molar-refractivity contribution in [2.45, 2.75) is 93.0 Å². The number of aliphatic hydroxyl groups excluding tert-OH is 1. The first-order valence-electron chi connectivity index (χ1n) is 15.0. The number of hydrogen-bond donors (Lipinski definition) is 5. The van der Waals surface area contributed by atoms with E-state index < -0.39 is 30.0 Å². The van der Waals surface area contributed by atoms with Crippen molar-refractivity contribution >= 4 is 35.0 Å². The van der Waals surface area contributed by atoms with Crippen molar-refractivity contribution in [3.8, 4) is 0 Å². The van der Waals surface area contributed by atoms with E-state index in [0.717, 1.165) is 10.7 Å². The SMILES string of the molecule is Cc1csc(CNC(=O)c2cccc(C(=O)NC(CC(C)C)C(O)CC(C)C(=O)NC(C(=O)NCC(C)C)C(C)C)c2)n1. The molecule has 1 heterocycles. The van der Waals surface area contributed by atoms with Gasteiger partial charge in [-0.15, -0.1) is 11.3 Å². The van der Waals surface area contributed by atoms with Crippen molar-refractivity contribution in [2.24, 2.45) is 23.7 Å². The molecule has 238 valence electrons. The quantitative estimate of drug-likeness (QED) is 0.194. The fraction of sp³-hybridized carbons (Fsp3) is 0.594. The number of benzene rings is 1. The highest BCUT2D eigenvalue weighted by Crippen LogP contribution is 2.18. The summed E-state index contributed by atoms with van der Waals surface area (Å²) in [6, 6.07) is 5.09. The van der Waals surface area contributed by atoms with Crippen LogP contribution in [0.5, 0.6) is 0 Å². The lowest BCUT2D eigenvalue weighted by molar-refractivity contribution is -0.132. The van der Waals surface area contributed by atoms with Gasteiger partial charge in [0.15, 0.2) is 0 Å². The number of hydrogen-bond acceptors (Lipinski definition) is 7. The molecule has 1 aromatic heterocycles. The van der Waals surface area contributed by atoms with E-state index >= 15 is 0 Å². The van der Waals surface area contributed by atoms with Gasteiger partial charge in [0.1, 0.15) is 11.0 Å². The molecular formula is C32H49N5O5S. The Morgan fingerprint density at radius 2 is 1.51 bits per heavy atom. The smallest absolute Gasteiger partial charge is 0.251 e. The molecule has 11 heteroatoms. The van der Waals surface area contributed by atoms with Crippen LogP contribution in [0.3, 0.4) is 0 Å². The van der Waals surface area contributed by atoms with E-state index in [4.69, 9.17) is 0 Å². The summed E-state index contributed by atoms with van der Waals surface area (Å²) in [6.45, 7) is 16.1. The number of nitrogens with one attached hydrogen (secondary N) is 4. The third-order valence-corrected chi connectivity index (χ3v) is 7.90. The lowest BCUT2D eigenvalue weighted by atomic mass is 9.91. The zero-order chi connectivity index (χ0) is 32.3. The molecule has 2 rings (SSSR count). The van der Waals surface area contributed by atoms with Gasteiger partial charge in [-0.1, -0.05) is 54.5 Å². The zero-order valence-corrected chi connectivity index (χ0v) is 27.5. The summed E-state index contributed by atoms with van der Waals surface area (Å²) in [5, 5.41) is 25.3. The van der Waals surface area contributed by atoms with E-state index in [1.807, 2.05) is 53.8 Å². The summed E-state index contributed by atoms with van der Waals surface area (Å²) in [4.78, 5) is 56.0. The van der Waals surface area contributed by atoms with Gasteiger partial charge in [0.25, 0.3) is 11.8 Å². The Bertz CT molecular complexity index is 1230. The first kappa shape index (κ1) is 35.9. The molecule has 0 saturated carbocycles. The Morgan fingerprint density at radius 1 is 0.860 bits per heavy atom. The molecule has 0 saturated heterocycles. The van der Waals surface area contributed by atoms with Crippen LogP contribution >= 0.6 is 11.3 Å². The van der Waals surface area contributed by atoms with E-state index in [1.165, 1.54) is 17.4 Å². The average Bonchev–Trinajstić information content (AvgIpc) is 3.37. The first-order chi connectivity index (χ1) is 20.2. The maximum absolute atomic E-state index is 13.2. The second kappa shape index (κ2) is 17.1. The summed E-state index contributed by atoms with van der Waals surface area (Å²) >= 11 is 1.47. The summed E-state index contributed by atoms with van der Waals surface area (Å²) in [5.74, 6) is -1.58. The molecule has 4 amide bonds. The van der Waals surface area contributed by atoms with Gasteiger partial charge in [0.2, 0.25) is 11.8 Å².